The average molecular weight is 205 g/mol. The molecule has 0 aromatic heterocycles. The highest BCUT2D eigenvalue weighted by molar-refractivity contribution is 5.52. The molecule has 2 heteroatoms. The third kappa shape index (κ3) is 3.17. The summed E-state index contributed by atoms with van der Waals surface area (Å²) in [5, 5.41) is 3.37. The van der Waals surface area contributed by atoms with E-state index in [4.69, 9.17) is 0 Å². The standard InChI is InChI=1S/C13H16FN/c14-13-5-3-12(4-6-13)10-11-2-1-8-15-9-7-11/h3-6,10,15H,1-2,7-9H2/b11-10+. The van der Waals surface area contributed by atoms with Crippen molar-refractivity contribution in [1.29, 1.82) is 0 Å². The van der Waals surface area contributed by atoms with Crippen molar-refractivity contribution in [2.45, 2.75) is 19.3 Å². The molecule has 0 bridgehead atoms. The molecule has 1 saturated heterocycles. The summed E-state index contributed by atoms with van der Waals surface area (Å²) in [6.45, 7) is 2.17. The lowest BCUT2D eigenvalue weighted by Gasteiger charge is -2.02. The van der Waals surface area contributed by atoms with Crippen molar-refractivity contribution in [3.05, 3.63) is 41.2 Å². The number of benzene rings is 1. The lowest BCUT2D eigenvalue weighted by Crippen LogP contribution is -2.13. The number of hydrogen-bond donors (Lipinski definition) is 1. The first-order chi connectivity index (χ1) is 7.34. The number of nitrogens with one attached hydrogen (secondary N) is 1. The molecule has 1 aromatic rings. The molecule has 0 spiro atoms. The predicted octanol–water partition coefficient (Wildman–Crippen LogP) is 2.98. The molecule has 80 valence electrons. The molecule has 1 aromatic carbocycles. The minimum Gasteiger partial charge on any atom is -0.316 e. The van der Waals surface area contributed by atoms with Crippen LogP contribution in [0.15, 0.2) is 29.8 Å². The molecule has 1 heterocycles. The highest BCUT2D eigenvalue weighted by Gasteiger charge is 2.03. The van der Waals surface area contributed by atoms with Crippen LogP contribution in [0.3, 0.4) is 0 Å². The van der Waals surface area contributed by atoms with Crippen LogP contribution in [0.5, 0.6) is 0 Å². The molecule has 1 N–H and O–H groups in total. The zero-order valence-corrected chi connectivity index (χ0v) is 8.80. The smallest absolute Gasteiger partial charge is 0.123 e. The summed E-state index contributed by atoms with van der Waals surface area (Å²) in [6.07, 6.45) is 5.65. The zero-order valence-electron chi connectivity index (χ0n) is 8.80. The Hall–Kier alpha value is -1.15. The van der Waals surface area contributed by atoms with Gasteiger partial charge >= 0.3 is 0 Å². The molecule has 0 aliphatic carbocycles. The summed E-state index contributed by atoms with van der Waals surface area (Å²) in [6, 6.07) is 6.70. The lowest BCUT2D eigenvalue weighted by molar-refractivity contribution is 0.627. The van der Waals surface area contributed by atoms with Gasteiger partial charge in [0.2, 0.25) is 0 Å². The summed E-state index contributed by atoms with van der Waals surface area (Å²) in [5.74, 6) is -0.167. The quantitative estimate of drug-likeness (QED) is 0.743. The molecule has 15 heavy (non-hydrogen) atoms. The molecule has 0 unspecified atom stereocenters. The predicted molar refractivity (Wildman–Crippen MR) is 61.1 cm³/mol. The fraction of sp³-hybridized carbons (Fsp3) is 0.385. The Balaban J connectivity index is 2.10. The Bertz CT molecular complexity index is 330. The SMILES string of the molecule is Fc1ccc(/C=C2\CCCNCC2)cc1. The largest absolute Gasteiger partial charge is 0.316 e. The van der Waals surface area contributed by atoms with E-state index in [0.29, 0.717) is 0 Å². The van der Waals surface area contributed by atoms with Crippen LogP contribution in [-0.2, 0) is 0 Å². The third-order valence-electron chi connectivity index (χ3n) is 2.72. The van der Waals surface area contributed by atoms with Gasteiger partial charge in [-0.2, -0.15) is 0 Å². The fourth-order valence-corrected chi connectivity index (χ4v) is 1.88. The summed E-state index contributed by atoms with van der Waals surface area (Å²) >= 11 is 0. The van der Waals surface area contributed by atoms with Crippen molar-refractivity contribution in [1.82, 2.24) is 5.32 Å². The molecule has 1 aliphatic rings. The minimum absolute atomic E-state index is 0.167. The first-order valence-electron chi connectivity index (χ1n) is 5.50. The molecule has 0 saturated carbocycles. The van der Waals surface area contributed by atoms with Gasteiger partial charge in [0.25, 0.3) is 0 Å². The molecule has 0 atom stereocenters. The zero-order chi connectivity index (χ0) is 10.5. The molecule has 1 aliphatic heterocycles. The molecule has 0 amide bonds. The maximum Gasteiger partial charge on any atom is 0.123 e. The van der Waals surface area contributed by atoms with Gasteiger partial charge in [-0.1, -0.05) is 23.8 Å². The van der Waals surface area contributed by atoms with Crippen LogP contribution >= 0.6 is 0 Å². The normalized spacial score (nSPS) is 20.2. The van der Waals surface area contributed by atoms with E-state index in [1.807, 2.05) is 12.1 Å². The maximum atomic E-state index is 12.7. The lowest BCUT2D eigenvalue weighted by atomic mass is 10.0. The van der Waals surface area contributed by atoms with Crippen LogP contribution in [0.1, 0.15) is 24.8 Å². The number of halogens is 1. The van der Waals surface area contributed by atoms with Crippen LogP contribution in [0.25, 0.3) is 6.08 Å². The maximum absolute atomic E-state index is 12.7. The Morgan fingerprint density at radius 1 is 1.07 bits per heavy atom. The molecular weight excluding hydrogens is 189 g/mol. The van der Waals surface area contributed by atoms with Gasteiger partial charge in [0, 0.05) is 0 Å². The van der Waals surface area contributed by atoms with Crippen molar-refractivity contribution >= 4 is 6.08 Å². The second-order valence-corrected chi connectivity index (χ2v) is 3.96. The molecule has 2 rings (SSSR count). The Morgan fingerprint density at radius 2 is 1.87 bits per heavy atom. The molecular formula is C13H16FN. The van der Waals surface area contributed by atoms with E-state index in [1.165, 1.54) is 24.1 Å². The van der Waals surface area contributed by atoms with Gasteiger partial charge < -0.3 is 5.32 Å². The minimum atomic E-state index is -0.167. The Kier molecular flexibility index (Phi) is 3.51. The topological polar surface area (TPSA) is 12.0 Å². The van der Waals surface area contributed by atoms with Gasteiger partial charge in [0.05, 0.1) is 0 Å². The van der Waals surface area contributed by atoms with Gasteiger partial charge in [0.1, 0.15) is 5.82 Å². The number of rotatable bonds is 1. The van der Waals surface area contributed by atoms with Gasteiger partial charge in [-0.3, -0.25) is 0 Å². The van der Waals surface area contributed by atoms with Crippen molar-refractivity contribution < 1.29 is 4.39 Å². The summed E-state index contributed by atoms with van der Waals surface area (Å²) in [4.78, 5) is 0. The van der Waals surface area contributed by atoms with E-state index < -0.39 is 0 Å². The highest BCUT2D eigenvalue weighted by Crippen LogP contribution is 2.16. The summed E-state index contributed by atoms with van der Waals surface area (Å²) in [5.41, 5.74) is 2.57. The van der Waals surface area contributed by atoms with Crippen LogP contribution in [0, 0.1) is 5.82 Å². The number of hydrogen-bond acceptors (Lipinski definition) is 1. The van der Waals surface area contributed by atoms with Crippen molar-refractivity contribution in [3.63, 3.8) is 0 Å². The van der Waals surface area contributed by atoms with E-state index in [0.717, 1.165) is 31.5 Å². The van der Waals surface area contributed by atoms with Crippen molar-refractivity contribution in [3.8, 4) is 0 Å². The van der Waals surface area contributed by atoms with Crippen molar-refractivity contribution in [2.75, 3.05) is 13.1 Å². The van der Waals surface area contributed by atoms with Gasteiger partial charge in [-0.05, 0) is 50.0 Å². The summed E-state index contributed by atoms with van der Waals surface area (Å²) in [7, 11) is 0. The van der Waals surface area contributed by atoms with Crippen LogP contribution < -0.4 is 5.32 Å². The fourth-order valence-electron chi connectivity index (χ4n) is 1.88. The molecule has 1 nitrogen and oxygen atoms in total. The van der Waals surface area contributed by atoms with Gasteiger partial charge in [-0.25, -0.2) is 4.39 Å². The second-order valence-electron chi connectivity index (χ2n) is 3.96. The Labute approximate surface area is 90.0 Å². The summed E-state index contributed by atoms with van der Waals surface area (Å²) < 4.78 is 12.7. The molecule has 1 fully saturated rings. The second kappa shape index (κ2) is 5.08. The van der Waals surface area contributed by atoms with Crippen LogP contribution in [0.4, 0.5) is 4.39 Å². The first-order valence-corrected chi connectivity index (χ1v) is 5.50. The average Bonchev–Trinajstić information content (AvgIpc) is 2.50. The highest BCUT2D eigenvalue weighted by atomic mass is 19.1. The van der Waals surface area contributed by atoms with E-state index in [9.17, 15) is 4.39 Å². The van der Waals surface area contributed by atoms with Gasteiger partial charge in [0.15, 0.2) is 0 Å². The van der Waals surface area contributed by atoms with E-state index in [2.05, 4.69) is 11.4 Å². The molecule has 0 radical (unpaired) electrons. The van der Waals surface area contributed by atoms with E-state index >= 15 is 0 Å². The first kappa shape index (κ1) is 10.4. The van der Waals surface area contributed by atoms with Crippen LogP contribution in [-0.4, -0.2) is 13.1 Å². The van der Waals surface area contributed by atoms with Gasteiger partial charge in [-0.15, -0.1) is 0 Å². The van der Waals surface area contributed by atoms with E-state index in [1.54, 1.807) is 0 Å². The third-order valence-corrected chi connectivity index (χ3v) is 2.72. The van der Waals surface area contributed by atoms with Crippen LogP contribution in [0.2, 0.25) is 0 Å². The van der Waals surface area contributed by atoms with E-state index in [-0.39, 0.29) is 5.82 Å². The monoisotopic (exact) mass is 205 g/mol. The Morgan fingerprint density at radius 3 is 2.67 bits per heavy atom. The van der Waals surface area contributed by atoms with Crippen molar-refractivity contribution in [2.24, 2.45) is 0 Å².